The first-order valence-corrected chi connectivity index (χ1v) is 7.25. The van der Waals surface area contributed by atoms with Crippen molar-refractivity contribution < 1.29 is 9.90 Å². The molecule has 0 aliphatic rings. The number of aromatic carboxylic acids is 1. The number of hydrogen-bond donors (Lipinski definition) is 2. The largest absolute Gasteiger partial charge is 0.478 e. The lowest BCUT2D eigenvalue weighted by molar-refractivity contribution is 0.0697. The number of aromatic nitrogens is 1. The summed E-state index contributed by atoms with van der Waals surface area (Å²) in [6.45, 7) is 6.56. The molecule has 0 saturated heterocycles. The number of rotatable bonds is 7. The van der Waals surface area contributed by atoms with Crippen LogP contribution in [0.4, 0.5) is 5.82 Å². The lowest BCUT2D eigenvalue weighted by Gasteiger charge is -2.11. The number of anilines is 1. The zero-order valence-corrected chi connectivity index (χ0v) is 11.9. The zero-order valence-electron chi connectivity index (χ0n) is 11.1. The average Bonchev–Trinajstić information content (AvgIpc) is 2.27. The van der Waals surface area contributed by atoms with Crippen molar-refractivity contribution >= 4 is 23.5 Å². The lowest BCUT2D eigenvalue weighted by atomic mass is 10.1. The third-order valence-corrected chi connectivity index (χ3v) is 3.51. The van der Waals surface area contributed by atoms with E-state index in [1.54, 1.807) is 13.0 Å². The number of aryl methyl sites for hydroxylation is 2. The molecule has 1 aromatic rings. The molecule has 1 heterocycles. The van der Waals surface area contributed by atoms with E-state index >= 15 is 0 Å². The Balaban J connectivity index is 2.71. The van der Waals surface area contributed by atoms with Gasteiger partial charge in [-0.05, 0) is 43.4 Å². The molecule has 0 aliphatic carbocycles. The molecule has 0 bridgehead atoms. The fraction of sp³-hybridized carbons (Fsp3) is 0.538. The molecule has 0 spiro atoms. The van der Waals surface area contributed by atoms with Crippen molar-refractivity contribution in [2.75, 3.05) is 23.4 Å². The van der Waals surface area contributed by atoms with Gasteiger partial charge in [0, 0.05) is 12.2 Å². The summed E-state index contributed by atoms with van der Waals surface area (Å²) in [7, 11) is 0. The Hall–Kier alpha value is -1.23. The summed E-state index contributed by atoms with van der Waals surface area (Å²) in [6, 6.07) is 1.79. The number of pyridine rings is 1. The average molecular weight is 268 g/mol. The molecule has 2 N–H and O–H groups in total. The predicted octanol–water partition coefficient (Wildman–Crippen LogP) is 2.95. The molecule has 0 radical (unpaired) electrons. The van der Waals surface area contributed by atoms with Gasteiger partial charge in [-0.15, -0.1) is 0 Å². The SMILES string of the molecule is CCSCCCNc1nc(C)cc(C)c1C(=O)O. The summed E-state index contributed by atoms with van der Waals surface area (Å²) in [6.07, 6.45) is 1.01. The number of carboxylic acid groups (broad SMARTS) is 1. The Kier molecular flexibility index (Phi) is 5.98. The monoisotopic (exact) mass is 268 g/mol. The van der Waals surface area contributed by atoms with Crippen molar-refractivity contribution in [1.82, 2.24) is 4.98 Å². The Morgan fingerprint density at radius 1 is 1.50 bits per heavy atom. The smallest absolute Gasteiger partial charge is 0.339 e. The topological polar surface area (TPSA) is 62.2 Å². The maximum atomic E-state index is 11.2. The molecule has 1 aromatic heterocycles. The van der Waals surface area contributed by atoms with Crippen LogP contribution < -0.4 is 5.32 Å². The molecular weight excluding hydrogens is 248 g/mol. The molecule has 0 unspecified atom stereocenters. The van der Waals surface area contributed by atoms with E-state index in [0.717, 1.165) is 35.7 Å². The van der Waals surface area contributed by atoms with E-state index in [4.69, 9.17) is 0 Å². The van der Waals surface area contributed by atoms with Crippen LogP contribution in [-0.2, 0) is 0 Å². The minimum absolute atomic E-state index is 0.281. The molecule has 0 atom stereocenters. The molecule has 0 fully saturated rings. The van der Waals surface area contributed by atoms with E-state index in [0.29, 0.717) is 5.82 Å². The third kappa shape index (κ3) is 4.22. The van der Waals surface area contributed by atoms with Gasteiger partial charge in [0.2, 0.25) is 0 Å². The van der Waals surface area contributed by atoms with Crippen LogP contribution in [0.5, 0.6) is 0 Å². The molecule has 5 heteroatoms. The normalized spacial score (nSPS) is 10.4. The van der Waals surface area contributed by atoms with Crippen LogP contribution in [0.25, 0.3) is 0 Å². The first-order chi connectivity index (χ1) is 8.56. The Bertz CT molecular complexity index is 422. The number of nitrogens with one attached hydrogen (secondary N) is 1. The minimum atomic E-state index is -0.926. The quantitative estimate of drug-likeness (QED) is 0.744. The summed E-state index contributed by atoms with van der Waals surface area (Å²) in [4.78, 5) is 15.5. The van der Waals surface area contributed by atoms with Crippen LogP contribution in [0.1, 0.15) is 35.0 Å². The van der Waals surface area contributed by atoms with Crippen LogP contribution in [0.3, 0.4) is 0 Å². The van der Waals surface area contributed by atoms with E-state index in [-0.39, 0.29) is 5.56 Å². The van der Waals surface area contributed by atoms with Gasteiger partial charge in [-0.1, -0.05) is 6.92 Å². The second-order valence-electron chi connectivity index (χ2n) is 4.09. The molecule has 0 amide bonds. The maximum Gasteiger partial charge on any atom is 0.339 e. The van der Waals surface area contributed by atoms with Gasteiger partial charge in [0.1, 0.15) is 11.4 Å². The molecule has 0 aliphatic heterocycles. The molecule has 4 nitrogen and oxygen atoms in total. The minimum Gasteiger partial charge on any atom is -0.478 e. The number of thioether (sulfide) groups is 1. The Morgan fingerprint density at radius 2 is 2.22 bits per heavy atom. The third-order valence-electron chi connectivity index (χ3n) is 2.52. The Morgan fingerprint density at radius 3 is 2.83 bits per heavy atom. The fourth-order valence-corrected chi connectivity index (χ4v) is 2.40. The first kappa shape index (κ1) is 14.8. The molecule has 18 heavy (non-hydrogen) atoms. The summed E-state index contributed by atoms with van der Waals surface area (Å²) < 4.78 is 0. The van der Waals surface area contributed by atoms with Gasteiger partial charge in [-0.3, -0.25) is 0 Å². The standard InChI is InChI=1S/C13H20N2O2S/c1-4-18-7-5-6-14-12-11(13(16)17)9(2)8-10(3)15-12/h8H,4-7H2,1-3H3,(H,14,15)(H,16,17). The summed E-state index contributed by atoms with van der Waals surface area (Å²) in [5.41, 5.74) is 1.87. The van der Waals surface area contributed by atoms with Gasteiger partial charge in [0.05, 0.1) is 0 Å². The van der Waals surface area contributed by atoms with E-state index in [1.807, 2.05) is 18.7 Å². The molecule has 100 valence electrons. The highest BCUT2D eigenvalue weighted by molar-refractivity contribution is 7.99. The van der Waals surface area contributed by atoms with Crippen molar-refractivity contribution in [3.8, 4) is 0 Å². The molecule has 0 aromatic carbocycles. The number of hydrogen-bond acceptors (Lipinski definition) is 4. The molecular formula is C13H20N2O2S. The maximum absolute atomic E-state index is 11.2. The second kappa shape index (κ2) is 7.26. The van der Waals surface area contributed by atoms with Gasteiger partial charge < -0.3 is 10.4 Å². The summed E-state index contributed by atoms with van der Waals surface area (Å²) >= 11 is 1.88. The van der Waals surface area contributed by atoms with Crippen LogP contribution in [0.2, 0.25) is 0 Å². The van der Waals surface area contributed by atoms with Crippen molar-refractivity contribution in [1.29, 1.82) is 0 Å². The lowest BCUT2D eigenvalue weighted by Crippen LogP contribution is -2.12. The van der Waals surface area contributed by atoms with E-state index < -0.39 is 5.97 Å². The van der Waals surface area contributed by atoms with Gasteiger partial charge in [0.25, 0.3) is 0 Å². The number of carboxylic acids is 1. The Labute approximate surface area is 112 Å². The van der Waals surface area contributed by atoms with E-state index in [2.05, 4.69) is 17.2 Å². The predicted molar refractivity (Wildman–Crippen MR) is 76.8 cm³/mol. The van der Waals surface area contributed by atoms with Gasteiger partial charge in [-0.2, -0.15) is 11.8 Å². The highest BCUT2D eigenvalue weighted by Crippen LogP contribution is 2.18. The molecule has 0 saturated carbocycles. The van der Waals surface area contributed by atoms with Crippen LogP contribution in [0, 0.1) is 13.8 Å². The van der Waals surface area contributed by atoms with Gasteiger partial charge in [0.15, 0.2) is 0 Å². The number of nitrogens with zero attached hydrogens (tertiary/aromatic N) is 1. The van der Waals surface area contributed by atoms with Crippen LogP contribution in [0.15, 0.2) is 6.07 Å². The fourth-order valence-electron chi connectivity index (χ4n) is 1.76. The number of carbonyl (C=O) groups is 1. The van der Waals surface area contributed by atoms with Gasteiger partial charge >= 0.3 is 5.97 Å². The summed E-state index contributed by atoms with van der Waals surface area (Å²) in [5, 5.41) is 12.3. The van der Waals surface area contributed by atoms with Gasteiger partial charge in [-0.25, -0.2) is 9.78 Å². The van der Waals surface area contributed by atoms with Crippen LogP contribution in [-0.4, -0.2) is 34.1 Å². The van der Waals surface area contributed by atoms with Crippen molar-refractivity contribution in [2.45, 2.75) is 27.2 Å². The van der Waals surface area contributed by atoms with E-state index in [9.17, 15) is 9.90 Å². The van der Waals surface area contributed by atoms with Crippen molar-refractivity contribution in [3.05, 3.63) is 22.9 Å². The first-order valence-electron chi connectivity index (χ1n) is 6.09. The second-order valence-corrected chi connectivity index (χ2v) is 5.48. The summed E-state index contributed by atoms with van der Waals surface area (Å²) in [5.74, 6) is 1.76. The van der Waals surface area contributed by atoms with E-state index in [1.165, 1.54) is 0 Å². The van der Waals surface area contributed by atoms with Crippen molar-refractivity contribution in [3.63, 3.8) is 0 Å². The molecule has 1 rings (SSSR count). The zero-order chi connectivity index (χ0) is 13.5. The highest BCUT2D eigenvalue weighted by atomic mass is 32.2. The van der Waals surface area contributed by atoms with Crippen molar-refractivity contribution in [2.24, 2.45) is 0 Å². The van der Waals surface area contributed by atoms with Crippen LogP contribution >= 0.6 is 11.8 Å². The highest BCUT2D eigenvalue weighted by Gasteiger charge is 2.15.